The van der Waals surface area contributed by atoms with Crippen LogP contribution in [0.5, 0.6) is 0 Å². The predicted molar refractivity (Wildman–Crippen MR) is 74.0 cm³/mol. The molecule has 102 valence electrons. The normalized spacial score (nSPS) is 30.1. The number of hydrogen-bond acceptors (Lipinski definition) is 3. The highest BCUT2D eigenvalue weighted by Crippen LogP contribution is 2.49. The van der Waals surface area contributed by atoms with E-state index in [2.05, 4.69) is 17.9 Å². The van der Waals surface area contributed by atoms with Crippen LogP contribution in [0.25, 0.3) is 0 Å². The minimum absolute atomic E-state index is 0.351. The Labute approximate surface area is 111 Å². The lowest BCUT2D eigenvalue weighted by Gasteiger charge is -2.37. The third kappa shape index (κ3) is 3.46. The van der Waals surface area contributed by atoms with E-state index in [4.69, 9.17) is 11.0 Å². The summed E-state index contributed by atoms with van der Waals surface area (Å²) in [5.74, 6) is 0. The molecule has 0 spiro atoms. The van der Waals surface area contributed by atoms with Crippen molar-refractivity contribution in [3.8, 4) is 6.07 Å². The molecule has 0 aromatic rings. The topological polar surface area (TPSA) is 53.0 Å². The van der Waals surface area contributed by atoms with Gasteiger partial charge in [-0.1, -0.05) is 6.92 Å². The van der Waals surface area contributed by atoms with E-state index in [9.17, 15) is 0 Å². The molecule has 0 saturated heterocycles. The van der Waals surface area contributed by atoms with E-state index in [-0.39, 0.29) is 0 Å². The first kappa shape index (κ1) is 13.8. The number of nitrogens with zero attached hydrogens (tertiary/aromatic N) is 2. The lowest BCUT2D eigenvalue weighted by Crippen LogP contribution is -2.43. The summed E-state index contributed by atoms with van der Waals surface area (Å²) in [4.78, 5) is 2.66. The van der Waals surface area contributed by atoms with Gasteiger partial charge in [-0.25, -0.2) is 0 Å². The maximum atomic E-state index is 8.94. The predicted octanol–water partition coefficient (Wildman–Crippen LogP) is 2.66. The van der Waals surface area contributed by atoms with Gasteiger partial charge >= 0.3 is 0 Å². The molecule has 2 N–H and O–H groups in total. The van der Waals surface area contributed by atoms with Gasteiger partial charge in [0.2, 0.25) is 0 Å². The van der Waals surface area contributed by atoms with Crippen molar-refractivity contribution in [3.63, 3.8) is 0 Å². The van der Waals surface area contributed by atoms with Gasteiger partial charge in [0.1, 0.15) is 0 Å². The second-order valence-electron chi connectivity index (χ2n) is 6.37. The van der Waals surface area contributed by atoms with Crippen molar-refractivity contribution in [2.45, 2.75) is 70.4 Å². The molecule has 2 aliphatic rings. The van der Waals surface area contributed by atoms with Crippen LogP contribution in [0.3, 0.4) is 0 Å². The van der Waals surface area contributed by atoms with Crippen LogP contribution in [0, 0.1) is 16.7 Å². The largest absolute Gasteiger partial charge is 0.328 e. The van der Waals surface area contributed by atoms with E-state index < -0.39 is 0 Å². The van der Waals surface area contributed by atoms with Crippen molar-refractivity contribution in [1.82, 2.24) is 4.90 Å². The number of hydrogen-bond donors (Lipinski definition) is 1. The van der Waals surface area contributed by atoms with Crippen LogP contribution in [0.15, 0.2) is 0 Å². The molecule has 0 unspecified atom stereocenters. The zero-order chi connectivity index (χ0) is 13.0. The van der Waals surface area contributed by atoms with Crippen molar-refractivity contribution in [1.29, 1.82) is 5.26 Å². The molecule has 2 rings (SSSR count). The number of nitriles is 1. The Morgan fingerprint density at radius 3 is 2.44 bits per heavy atom. The highest BCUT2D eigenvalue weighted by atomic mass is 15.2. The highest BCUT2D eigenvalue weighted by Gasteiger charge is 2.44. The van der Waals surface area contributed by atoms with E-state index >= 15 is 0 Å². The van der Waals surface area contributed by atoms with Gasteiger partial charge < -0.3 is 5.73 Å². The molecule has 0 aromatic heterocycles. The number of rotatable bonds is 6. The average Bonchev–Trinajstić information content (AvgIpc) is 3.10. The van der Waals surface area contributed by atoms with Crippen molar-refractivity contribution in [3.05, 3.63) is 0 Å². The highest BCUT2D eigenvalue weighted by molar-refractivity contribution is 5.02. The van der Waals surface area contributed by atoms with Gasteiger partial charge in [-0.3, -0.25) is 4.90 Å². The maximum absolute atomic E-state index is 8.94. The van der Waals surface area contributed by atoms with Crippen molar-refractivity contribution in [2.75, 3.05) is 13.1 Å². The van der Waals surface area contributed by atoms with E-state index in [1.807, 2.05) is 0 Å². The maximum Gasteiger partial charge on any atom is 0.0628 e. The molecular weight excluding hydrogens is 222 g/mol. The smallest absolute Gasteiger partial charge is 0.0628 e. The van der Waals surface area contributed by atoms with Gasteiger partial charge in [-0.2, -0.15) is 5.26 Å². The van der Waals surface area contributed by atoms with Gasteiger partial charge in [-0.15, -0.1) is 0 Å². The quantitative estimate of drug-likeness (QED) is 0.787. The summed E-state index contributed by atoms with van der Waals surface area (Å²) in [6.07, 6.45) is 9.34. The van der Waals surface area contributed by atoms with Crippen molar-refractivity contribution in [2.24, 2.45) is 11.1 Å². The fourth-order valence-corrected chi connectivity index (χ4v) is 3.31. The van der Waals surface area contributed by atoms with Gasteiger partial charge in [0, 0.05) is 25.0 Å². The molecule has 0 amide bonds. The first-order valence-corrected chi connectivity index (χ1v) is 7.56. The second-order valence-corrected chi connectivity index (χ2v) is 6.37. The Morgan fingerprint density at radius 2 is 1.94 bits per heavy atom. The molecule has 0 aliphatic heterocycles. The van der Waals surface area contributed by atoms with Gasteiger partial charge in [0.25, 0.3) is 0 Å². The molecule has 0 heterocycles. The summed E-state index contributed by atoms with van der Waals surface area (Å²) < 4.78 is 0. The third-order valence-electron chi connectivity index (χ3n) is 4.72. The van der Waals surface area contributed by atoms with E-state index in [1.165, 1.54) is 51.5 Å². The van der Waals surface area contributed by atoms with E-state index in [0.717, 1.165) is 19.0 Å². The molecule has 3 nitrogen and oxygen atoms in total. The second kappa shape index (κ2) is 6.04. The van der Waals surface area contributed by atoms with Crippen molar-refractivity contribution < 1.29 is 0 Å². The first-order chi connectivity index (χ1) is 8.69. The molecule has 0 aromatic carbocycles. The standard InChI is InChI=1S/C15H27N3/c1-2-11-18(12-15(7-8-15)9-10-16)14-5-3-13(17)4-6-14/h13-14H,2-9,11-12,17H2,1H3. The van der Waals surface area contributed by atoms with Gasteiger partial charge in [-0.05, 0) is 56.9 Å². The van der Waals surface area contributed by atoms with Crippen LogP contribution in [-0.2, 0) is 0 Å². The van der Waals surface area contributed by atoms with Gasteiger partial charge in [0.15, 0.2) is 0 Å². The lowest BCUT2D eigenvalue weighted by molar-refractivity contribution is 0.122. The van der Waals surface area contributed by atoms with E-state index in [0.29, 0.717) is 11.5 Å². The van der Waals surface area contributed by atoms with Gasteiger partial charge in [0.05, 0.1) is 6.07 Å². The third-order valence-corrected chi connectivity index (χ3v) is 4.72. The average molecular weight is 249 g/mol. The first-order valence-electron chi connectivity index (χ1n) is 7.56. The molecule has 0 radical (unpaired) electrons. The fourth-order valence-electron chi connectivity index (χ4n) is 3.31. The van der Waals surface area contributed by atoms with Crippen LogP contribution in [0.2, 0.25) is 0 Å². The minimum Gasteiger partial charge on any atom is -0.328 e. The molecule has 18 heavy (non-hydrogen) atoms. The lowest BCUT2D eigenvalue weighted by atomic mass is 9.89. The molecule has 3 heteroatoms. The fraction of sp³-hybridized carbons (Fsp3) is 0.933. The molecule has 0 bridgehead atoms. The van der Waals surface area contributed by atoms with Crippen LogP contribution in [0.1, 0.15) is 58.3 Å². The zero-order valence-corrected chi connectivity index (χ0v) is 11.7. The molecule has 2 fully saturated rings. The molecule has 2 saturated carbocycles. The minimum atomic E-state index is 0.351. The monoisotopic (exact) mass is 249 g/mol. The summed E-state index contributed by atoms with van der Waals surface area (Å²) in [5.41, 5.74) is 6.35. The Bertz CT molecular complexity index is 295. The summed E-state index contributed by atoms with van der Waals surface area (Å²) in [5, 5.41) is 8.94. The summed E-state index contributed by atoms with van der Waals surface area (Å²) >= 11 is 0. The Morgan fingerprint density at radius 1 is 1.28 bits per heavy atom. The Kier molecular flexibility index (Phi) is 4.64. The molecular formula is C15H27N3. The van der Waals surface area contributed by atoms with Crippen molar-refractivity contribution >= 4 is 0 Å². The van der Waals surface area contributed by atoms with Crippen LogP contribution >= 0.6 is 0 Å². The van der Waals surface area contributed by atoms with Crippen LogP contribution in [-0.4, -0.2) is 30.1 Å². The summed E-state index contributed by atoms with van der Waals surface area (Å²) in [6.45, 7) is 4.59. The summed E-state index contributed by atoms with van der Waals surface area (Å²) in [7, 11) is 0. The Hall–Kier alpha value is -0.590. The molecule has 2 aliphatic carbocycles. The SMILES string of the molecule is CCCN(CC1(CC#N)CC1)C1CCC(N)CC1. The zero-order valence-electron chi connectivity index (χ0n) is 11.7. The van der Waals surface area contributed by atoms with Crippen LogP contribution in [0.4, 0.5) is 0 Å². The van der Waals surface area contributed by atoms with Crippen LogP contribution < -0.4 is 5.73 Å². The molecule has 0 atom stereocenters. The van der Waals surface area contributed by atoms with E-state index in [1.54, 1.807) is 0 Å². The Balaban J connectivity index is 1.89. The summed E-state index contributed by atoms with van der Waals surface area (Å²) in [6, 6.07) is 3.53. The number of nitrogens with two attached hydrogens (primary N) is 1.